The van der Waals surface area contributed by atoms with Crippen LogP contribution in [0.1, 0.15) is 18.5 Å². The summed E-state index contributed by atoms with van der Waals surface area (Å²) >= 11 is 0. The zero-order chi connectivity index (χ0) is 30.6. The Bertz CT molecular complexity index is 1810. The first-order valence-corrected chi connectivity index (χ1v) is 14.3. The maximum Gasteiger partial charge on any atom is 0.238 e. The normalized spacial score (nSPS) is 13.5. The van der Waals surface area contributed by atoms with Crippen LogP contribution in [0.15, 0.2) is 92.2 Å². The van der Waals surface area contributed by atoms with Crippen LogP contribution in [0.25, 0.3) is 16.6 Å². The average molecular weight is 593 g/mol. The fraction of sp³-hybridized carbons (Fsp3) is 0.212. The Morgan fingerprint density at radius 1 is 1.05 bits per heavy atom. The lowest BCUT2D eigenvalue weighted by molar-refractivity contribution is 0.279. The van der Waals surface area contributed by atoms with Gasteiger partial charge in [-0.25, -0.2) is 19.0 Å². The Morgan fingerprint density at radius 3 is 2.61 bits per heavy atom. The third-order valence-corrected chi connectivity index (χ3v) is 7.59. The van der Waals surface area contributed by atoms with Crippen LogP contribution in [0.5, 0.6) is 17.4 Å². The lowest BCUT2D eigenvalue weighted by Crippen LogP contribution is -2.38. The number of hydrogen-bond donors (Lipinski definition) is 2. The Morgan fingerprint density at radius 2 is 1.89 bits per heavy atom. The molecular formula is C33H33FN8O2. The molecule has 2 aromatic carbocycles. The summed E-state index contributed by atoms with van der Waals surface area (Å²) in [6.07, 6.45) is 8.59. The molecule has 0 aliphatic carbocycles. The second-order valence-corrected chi connectivity index (χ2v) is 10.5. The molecule has 4 heterocycles. The van der Waals surface area contributed by atoms with Crippen molar-refractivity contribution >= 4 is 28.1 Å². The number of methoxy groups -OCH3 is 1. The highest BCUT2D eigenvalue weighted by molar-refractivity contribution is 5.95. The van der Waals surface area contributed by atoms with E-state index in [4.69, 9.17) is 9.47 Å². The molecule has 3 aromatic heterocycles. The molecule has 224 valence electrons. The predicted molar refractivity (Wildman–Crippen MR) is 169 cm³/mol. The van der Waals surface area contributed by atoms with E-state index in [0.29, 0.717) is 28.7 Å². The molecule has 0 unspecified atom stereocenters. The van der Waals surface area contributed by atoms with E-state index >= 15 is 4.39 Å². The van der Waals surface area contributed by atoms with Crippen LogP contribution in [-0.4, -0.2) is 55.9 Å². The van der Waals surface area contributed by atoms with Crippen LogP contribution in [0.2, 0.25) is 0 Å². The number of benzene rings is 2. The third kappa shape index (κ3) is 6.17. The number of ether oxygens (including phenoxy) is 2. The number of likely N-dealkylation sites (tertiary alicyclic amines) is 1. The molecule has 6 rings (SSSR count). The monoisotopic (exact) mass is 592 g/mol. The van der Waals surface area contributed by atoms with Gasteiger partial charge in [0.05, 0.1) is 35.9 Å². The second kappa shape index (κ2) is 12.4. The van der Waals surface area contributed by atoms with Crippen molar-refractivity contribution in [3.8, 4) is 23.1 Å². The van der Waals surface area contributed by atoms with Gasteiger partial charge in [0.1, 0.15) is 29.5 Å². The van der Waals surface area contributed by atoms with Gasteiger partial charge in [0.15, 0.2) is 0 Å². The van der Waals surface area contributed by atoms with Crippen LogP contribution in [0, 0.1) is 12.7 Å². The van der Waals surface area contributed by atoms with Crippen molar-refractivity contribution in [3.63, 3.8) is 0 Å². The highest BCUT2D eigenvalue weighted by Crippen LogP contribution is 2.35. The topological polar surface area (TPSA) is 102 Å². The Kier molecular flexibility index (Phi) is 8.09. The summed E-state index contributed by atoms with van der Waals surface area (Å²) in [5.41, 5.74) is 4.39. The number of piperidine rings is 1. The van der Waals surface area contributed by atoms with Crippen LogP contribution in [0.4, 0.5) is 21.6 Å². The number of anilines is 3. The summed E-state index contributed by atoms with van der Waals surface area (Å²) in [6, 6.07) is 14.2. The van der Waals surface area contributed by atoms with Gasteiger partial charge < -0.3 is 25.0 Å². The van der Waals surface area contributed by atoms with Gasteiger partial charge in [-0.3, -0.25) is 4.98 Å². The summed E-state index contributed by atoms with van der Waals surface area (Å²) in [5.74, 6) is 1.28. The number of hydrogen-bond acceptors (Lipinski definition) is 9. The smallest absolute Gasteiger partial charge is 0.238 e. The number of pyridine rings is 1. The lowest BCUT2D eigenvalue weighted by atomic mass is 10.0. The van der Waals surface area contributed by atoms with Gasteiger partial charge in [-0.1, -0.05) is 13.2 Å². The number of fused-ring (bicyclic) bond motifs is 1. The molecular weight excluding hydrogens is 559 g/mol. The Balaban J connectivity index is 1.18. The first kappa shape index (κ1) is 28.7. The van der Waals surface area contributed by atoms with E-state index in [2.05, 4.69) is 48.7 Å². The summed E-state index contributed by atoms with van der Waals surface area (Å²) in [5, 5.41) is 11.9. The number of nitrogens with one attached hydrogen (secondary N) is 2. The van der Waals surface area contributed by atoms with Crippen molar-refractivity contribution in [1.29, 1.82) is 0 Å². The molecule has 11 heteroatoms. The van der Waals surface area contributed by atoms with Crippen LogP contribution in [-0.2, 0) is 0 Å². The molecule has 0 atom stereocenters. The van der Waals surface area contributed by atoms with Gasteiger partial charge in [0, 0.05) is 60.3 Å². The number of halogens is 1. The van der Waals surface area contributed by atoms with E-state index in [1.807, 2.05) is 31.2 Å². The lowest BCUT2D eigenvalue weighted by Gasteiger charge is -2.34. The highest BCUT2D eigenvalue weighted by Gasteiger charge is 2.21. The second-order valence-electron chi connectivity index (χ2n) is 10.5. The number of allylic oxidation sites excluding steroid dienone is 1. The highest BCUT2D eigenvalue weighted by atomic mass is 19.1. The molecule has 0 saturated carbocycles. The number of rotatable bonds is 10. The first-order valence-electron chi connectivity index (χ1n) is 14.3. The molecule has 0 spiro atoms. The van der Waals surface area contributed by atoms with E-state index in [1.54, 1.807) is 48.5 Å². The molecule has 44 heavy (non-hydrogen) atoms. The largest absolute Gasteiger partial charge is 0.495 e. The van der Waals surface area contributed by atoms with Crippen LogP contribution in [0.3, 0.4) is 0 Å². The van der Waals surface area contributed by atoms with Crippen molar-refractivity contribution in [1.82, 2.24) is 29.6 Å². The maximum absolute atomic E-state index is 15.3. The molecule has 1 fully saturated rings. The summed E-state index contributed by atoms with van der Waals surface area (Å²) in [7, 11) is 1.63. The standard InChI is InChI=1S/C33H33FN8O2/c1-5-22(3)41-13-10-23(11-14-41)38-30-17-26-29(18-31(30)43-4)36-20-37-33(26)39-28-9-8-25(16-27(28)34)44-32-12-15-42(40-32)24-7-6-21(2)35-19-24/h5-9,12,15-20,23,38H,1,3,10-11,13-14H2,2,4H3,(H,36,37,39). The van der Waals surface area contributed by atoms with E-state index < -0.39 is 5.82 Å². The minimum Gasteiger partial charge on any atom is -0.495 e. The minimum atomic E-state index is -0.504. The predicted octanol–water partition coefficient (Wildman–Crippen LogP) is 6.78. The van der Waals surface area contributed by atoms with Crippen molar-refractivity contribution in [3.05, 3.63) is 104 Å². The van der Waals surface area contributed by atoms with E-state index in [-0.39, 0.29) is 11.7 Å². The van der Waals surface area contributed by atoms with Crippen molar-refractivity contribution in [2.45, 2.75) is 25.8 Å². The fourth-order valence-corrected chi connectivity index (χ4v) is 5.14. The molecule has 1 aliphatic heterocycles. The van der Waals surface area contributed by atoms with E-state index in [9.17, 15) is 0 Å². The maximum atomic E-state index is 15.3. The van der Waals surface area contributed by atoms with Crippen molar-refractivity contribution in [2.75, 3.05) is 30.8 Å². The SMILES string of the molecule is C=CC(=C)N1CCC(Nc2cc3c(Nc4ccc(Oc5ccn(-c6ccc(C)nc6)n5)cc4F)ncnc3cc2OC)CC1. The number of nitrogens with zero attached hydrogens (tertiary/aromatic N) is 6. The molecule has 2 N–H and O–H groups in total. The molecule has 0 bridgehead atoms. The fourth-order valence-electron chi connectivity index (χ4n) is 5.14. The van der Waals surface area contributed by atoms with Crippen molar-refractivity contribution < 1.29 is 13.9 Å². The minimum absolute atomic E-state index is 0.244. The molecule has 0 amide bonds. The molecule has 1 saturated heterocycles. The van der Waals surface area contributed by atoms with Gasteiger partial charge in [-0.2, -0.15) is 0 Å². The van der Waals surface area contributed by atoms with Crippen LogP contribution < -0.4 is 20.1 Å². The average Bonchev–Trinajstić information content (AvgIpc) is 3.51. The quantitative estimate of drug-likeness (QED) is 0.170. The van der Waals surface area contributed by atoms with Crippen molar-refractivity contribution in [2.24, 2.45) is 0 Å². The van der Waals surface area contributed by atoms with Crippen LogP contribution >= 0.6 is 0 Å². The van der Waals surface area contributed by atoms with Gasteiger partial charge in [-0.05, 0) is 56.2 Å². The molecule has 0 radical (unpaired) electrons. The Labute approximate surface area is 254 Å². The molecule has 10 nitrogen and oxygen atoms in total. The zero-order valence-corrected chi connectivity index (χ0v) is 24.6. The van der Waals surface area contributed by atoms with E-state index in [1.165, 1.54) is 12.4 Å². The summed E-state index contributed by atoms with van der Waals surface area (Å²) in [6.45, 7) is 11.6. The summed E-state index contributed by atoms with van der Waals surface area (Å²) < 4.78 is 28.4. The zero-order valence-electron chi connectivity index (χ0n) is 24.6. The number of aryl methyl sites for hydroxylation is 1. The Hall–Kier alpha value is -5.45. The molecule has 5 aromatic rings. The van der Waals surface area contributed by atoms with Gasteiger partial charge in [-0.15, -0.1) is 5.10 Å². The molecule has 1 aliphatic rings. The van der Waals surface area contributed by atoms with Gasteiger partial charge in [0.25, 0.3) is 0 Å². The number of aromatic nitrogens is 5. The third-order valence-electron chi connectivity index (χ3n) is 7.59. The van der Waals surface area contributed by atoms with E-state index in [0.717, 1.165) is 54.1 Å². The van der Waals surface area contributed by atoms with Gasteiger partial charge >= 0.3 is 0 Å². The first-order chi connectivity index (χ1) is 21.4. The van der Waals surface area contributed by atoms with Gasteiger partial charge in [0.2, 0.25) is 5.88 Å². The summed E-state index contributed by atoms with van der Waals surface area (Å²) in [4.78, 5) is 15.4.